The van der Waals surface area contributed by atoms with Gasteiger partial charge in [0.05, 0.1) is 16.4 Å². The van der Waals surface area contributed by atoms with E-state index in [9.17, 15) is 0 Å². The summed E-state index contributed by atoms with van der Waals surface area (Å²) < 4.78 is 1.87. The van der Waals surface area contributed by atoms with Gasteiger partial charge in [-0.05, 0) is 25.2 Å². The summed E-state index contributed by atoms with van der Waals surface area (Å²) in [6.07, 6.45) is 4.07. The molecular weight excluding hydrogens is 222 g/mol. The smallest absolute Gasteiger partial charge is 0.0860 e. The van der Waals surface area contributed by atoms with Crippen LogP contribution < -0.4 is 5.32 Å². The zero-order valence-corrected chi connectivity index (χ0v) is 11.1. The Kier molecular flexibility index (Phi) is 3.27. The maximum atomic E-state index is 6.19. The predicted molar refractivity (Wildman–Crippen MR) is 66.6 cm³/mol. The van der Waals surface area contributed by atoms with Gasteiger partial charge >= 0.3 is 0 Å². The molecule has 1 aliphatic carbocycles. The van der Waals surface area contributed by atoms with Gasteiger partial charge in [-0.2, -0.15) is 5.10 Å². The normalized spacial score (nSPS) is 18.5. The van der Waals surface area contributed by atoms with Crippen LogP contribution in [0.25, 0.3) is 0 Å². The van der Waals surface area contributed by atoms with Gasteiger partial charge in [0.1, 0.15) is 0 Å². The third kappa shape index (κ3) is 2.25. The summed E-state index contributed by atoms with van der Waals surface area (Å²) in [5.74, 6) is 0. The molecule has 1 aromatic heterocycles. The quantitative estimate of drug-likeness (QED) is 0.879. The average molecular weight is 242 g/mol. The lowest BCUT2D eigenvalue weighted by Crippen LogP contribution is -2.37. The Balaban J connectivity index is 1.89. The van der Waals surface area contributed by atoms with Crippen LogP contribution in [0.5, 0.6) is 0 Å². The van der Waals surface area contributed by atoms with Gasteiger partial charge in [-0.3, -0.25) is 4.68 Å². The number of rotatable bonds is 4. The molecule has 3 nitrogen and oxygen atoms in total. The van der Waals surface area contributed by atoms with Crippen molar-refractivity contribution in [3.05, 3.63) is 16.4 Å². The highest BCUT2D eigenvalue weighted by atomic mass is 35.5. The van der Waals surface area contributed by atoms with Crippen LogP contribution in [0.4, 0.5) is 0 Å². The highest BCUT2D eigenvalue weighted by Crippen LogP contribution is 2.39. The molecular formula is C12H20ClN3. The molecule has 0 unspecified atom stereocenters. The van der Waals surface area contributed by atoms with Crippen molar-refractivity contribution in [1.82, 2.24) is 15.1 Å². The second-order valence-corrected chi connectivity index (χ2v) is 5.62. The topological polar surface area (TPSA) is 29.9 Å². The predicted octanol–water partition coefficient (Wildman–Crippen LogP) is 2.66. The fourth-order valence-corrected chi connectivity index (χ4v) is 2.54. The summed E-state index contributed by atoms with van der Waals surface area (Å²) in [5, 5.41) is 8.60. The standard InChI is InChI=1S/C12H20ClN3/c1-9-11(13)10(16(3)15-9)7-14-8-12(2)5-4-6-12/h14H,4-8H2,1-3H3. The molecule has 0 spiro atoms. The minimum absolute atomic E-state index is 0.514. The lowest BCUT2D eigenvalue weighted by Gasteiger charge is -2.38. The molecule has 0 bridgehead atoms. The molecule has 0 amide bonds. The van der Waals surface area contributed by atoms with E-state index in [0.717, 1.165) is 29.5 Å². The first-order valence-corrected chi connectivity index (χ1v) is 6.28. The fourth-order valence-electron chi connectivity index (χ4n) is 2.31. The van der Waals surface area contributed by atoms with Gasteiger partial charge in [0.15, 0.2) is 0 Å². The monoisotopic (exact) mass is 241 g/mol. The second kappa shape index (κ2) is 4.38. The Morgan fingerprint density at radius 2 is 2.19 bits per heavy atom. The van der Waals surface area contributed by atoms with Crippen LogP contribution >= 0.6 is 11.6 Å². The van der Waals surface area contributed by atoms with Crippen molar-refractivity contribution in [2.24, 2.45) is 12.5 Å². The van der Waals surface area contributed by atoms with E-state index in [1.54, 1.807) is 0 Å². The van der Waals surface area contributed by atoms with Crippen molar-refractivity contribution in [2.45, 2.75) is 39.7 Å². The molecule has 1 fully saturated rings. The lowest BCUT2D eigenvalue weighted by atomic mass is 9.70. The molecule has 16 heavy (non-hydrogen) atoms. The Labute approximate surface area is 102 Å². The van der Waals surface area contributed by atoms with E-state index in [0.29, 0.717) is 5.41 Å². The molecule has 0 atom stereocenters. The van der Waals surface area contributed by atoms with Crippen molar-refractivity contribution < 1.29 is 0 Å². The number of halogens is 1. The van der Waals surface area contributed by atoms with Crippen molar-refractivity contribution in [2.75, 3.05) is 6.54 Å². The molecule has 1 saturated carbocycles. The summed E-state index contributed by atoms with van der Waals surface area (Å²) in [5.41, 5.74) is 2.51. The number of nitrogens with one attached hydrogen (secondary N) is 1. The number of aryl methyl sites for hydroxylation is 2. The third-order valence-corrected chi connectivity index (χ3v) is 4.16. The minimum atomic E-state index is 0.514. The van der Waals surface area contributed by atoms with E-state index >= 15 is 0 Å². The van der Waals surface area contributed by atoms with Crippen LogP contribution in [0.3, 0.4) is 0 Å². The van der Waals surface area contributed by atoms with Crippen molar-refractivity contribution in [1.29, 1.82) is 0 Å². The summed E-state index contributed by atoms with van der Waals surface area (Å²) in [4.78, 5) is 0. The first-order valence-electron chi connectivity index (χ1n) is 5.90. The first-order chi connectivity index (χ1) is 7.52. The van der Waals surface area contributed by atoms with Gasteiger partial charge in [0, 0.05) is 20.1 Å². The highest BCUT2D eigenvalue weighted by Gasteiger charge is 2.31. The van der Waals surface area contributed by atoms with E-state index in [-0.39, 0.29) is 0 Å². The fraction of sp³-hybridized carbons (Fsp3) is 0.750. The van der Waals surface area contributed by atoms with Gasteiger partial charge in [-0.1, -0.05) is 24.9 Å². The molecule has 1 heterocycles. The third-order valence-electron chi connectivity index (χ3n) is 3.67. The van der Waals surface area contributed by atoms with E-state index in [2.05, 4.69) is 17.3 Å². The molecule has 1 N–H and O–H groups in total. The van der Waals surface area contributed by atoms with E-state index in [1.165, 1.54) is 19.3 Å². The zero-order valence-electron chi connectivity index (χ0n) is 10.3. The van der Waals surface area contributed by atoms with Crippen LogP contribution in [0, 0.1) is 12.3 Å². The average Bonchev–Trinajstić information content (AvgIpc) is 2.42. The Bertz CT molecular complexity index is 380. The van der Waals surface area contributed by atoms with Gasteiger partial charge in [0.25, 0.3) is 0 Å². The summed E-state index contributed by atoms with van der Waals surface area (Å²) in [6, 6.07) is 0. The SMILES string of the molecule is Cc1nn(C)c(CNCC2(C)CCC2)c1Cl. The summed E-state index contributed by atoms with van der Waals surface area (Å²) in [6.45, 7) is 6.18. The van der Waals surface area contributed by atoms with Crippen LogP contribution in [0.1, 0.15) is 37.6 Å². The summed E-state index contributed by atoms with van der Waals surface area (Å²) in [7, 11) is 1.95. The van der Waals surface area contributed by atoms with Crippen LogP contribution in [0.15, 0.2) is 0 Å². The van der Waals surface area contributed by atoms with Gasteiger partial charge in [0.2, 0.25) is 0 Å². The molecule has 2 rings (SSSR count). The van der Waals surface area contributed by atoms with E-state index in [1.807, 2.05) is 18.7 Å². The van der Waals surface area contributed by atoms with Crippen LogP contribution in [-0.4, -0.2) is 16.3 Å². The molecule has 0 radical (unpaired) electrons. The molecule has 0 aliphatic heterocycles. The maximum Gasteiger partial charge on any atom is 0.0860 e. The lowest BCUT2D eigenvalue weighted by molar-refractivity contribution is 0.156. The minimum Gasteiger partial charge on any atom is -0.311 e. The van der Waals surface area contributed by atoms with Crippen molar-refractivity contribution in [3.8, 4) is 0 Å². The molecule has 4 heteroatoms. The molecule has 1 aliphatic rings. The first kappa shape index (κ1) is 11.9. The van der Waals surface area contributed by atoms with Crippen LogP contribution in [0.2, 0.25) is 5.02 Å². The van der Waals surface area contributed by atoms with Crippen molar-refractivity contribution >= 4 is 11.6 Å². The van der Waals surface area contributed by atoms with Gasteiger partial charge < -0.3 is 5.32 Å². The largest absolute Gasteiger partial charge is 0.311 e. The number of aromatic nitrogens is 2. The molecule has 0 aromatic carbocycles. The van der Waals surface area contributed by atoms with Gasteiger partial charge in [-0.15, -0.1) is 0 Å². The number of nitrogens with zero attached hydrogens (tertiary/aromatic N) is 2. The van der Waals surface area contributed by atoms with Crippen molar-refractivity contribution in [3.63, 3.8) is 0 Å². The molecule has 1 aromatic rings. The Hall–Kier alpha value is -0.540. The number of hydrogen-bond donors (Lipinski definition) is 1. The highest BCUT2D eigenvalue weighted by molar-refractivity contribution is 6.31. The van der Waals surface area contributed by atoms with Gasteiger partial charge in [-0.25, -0.2) is 0 Å². The molecule has 0 saturated heterocycles. The molecule has 90 valence electrons. The second-order valence-electron chi connectivity index (χ2n) is 5.24. The van der Waals surface area contributed by atoms with E-state index in [4.69, 9.17) is 11.6 Å². The Morgan fingerprint density at radius 3 is 2.62 bits per heavy atom. The zero-order chi connectivity index (χ0) is 11.8. The van der Waals surface area contributed by atoms with Crippen LogP contribution in [-0.2, 0) is 13.6 Å². The Morgan fingerprint density at radius 1 is 1.50 bits per heavy atom. The number of hydrogen-bond acceptors (Lipinski definition) is 2. The maximum absolute atomic E-state index is 6.19. The van der Waals surface area contributed by atoms with E-state index < -0.39 is 0 Å². The summed E-state index contributed by atoms with van der Waals surface area (Å²) >= 11 is 6.19.